The lowest BCUT2D eigenvalue weighted by Gasteiger charge is -2.12. The van der Waals surface area contributed by atoms with Crippen molar-refractivity contribution in [2.45, 2.75) is 13.3 Å². The fourth-order valence-electron chi connectivity index (χ4n) is 2.15. The molecular formula is C18H16O3. The summed E-state index contributed by atoms with van der Waals surface area (Å²) in [6.45, 7) is 1.88. The molecule has 0 fully saturated rings. The Hall–Kier alpha value is -2.86. The van der Waals surface area contributed by atoms with Crippen molar-refractivity contribution >= 4 is 6.08 Å². The van der Waals surface area contributed by atoms with E-state index < -0.39 is 0 Å². The average Bonchev–Trinajstić information content (AvgIpc) is 2.48. The number of allylic oxidation sites excluding steroid dienone is 1. The van der Waals surface area contributed by atoms with Gasteiger partial charge in [0.05, 0.1) is 0 Å². The summed E-state index contributed by atoms with van der Waals surface area (Å²) < 4.78 is 0. The quantitative estimate of drug-likeness (QED) is 0.595. The van der Waals surface area contributed by atoms with E-state index in [0.29, 0.717) is 17.5 Å². The Balaban J connectivity index is 2.49. The number of benzene rings is 2. The Labute approximate surface area is 123 Å². The van der Waals surface area contributed by atoms with Gasteiger partial charge in [-0.3, -0.25) is 0 Å². The fourth-order valence-corrected chi connectivity index (χ4v) is 2.15. The minimum atomic E-state index is -0.185. The maximum Gasteiger partial charge on any atom is 0.167 e. The lowest BCUT2D eigenvalue weighted by molar-refractivity contribution is 0.443. The zero-order valence-corrected chi connectivity index (χ0v) is 11.7. The molecule has 0 spiro atoms. The van der Waals surface area contributed by atoms with Crippen LogP contribution < -0.4 is 0 Å². The van der Waals surface area contributed by atoms with Crippen LogP contribution in [0.25, 0.3) is 6.08 Å². The molecule has 0 atom stereocenters. The van der Waals surface area contributed by atoms with Crippen LogP contribution >= 0.6 is 0 Å². The molecule has 0 aliphatic heterocycles. The standard InChI is InChI=1S/C18H16O3/c1-3-14(19)11-16-12(2)4-9-18(21)17(16)10-13-5-7-15(20)8-6-13/h1,4-9,11,19-21H,10H2,2H3/b14-11+. The smallest absolute Gasteiger partial charge is 0.167 e. The minimum Gasteiger partial charge on any atom is -0.508 e. The summed E-state index contributed by atoms with van der Waals surface area (Å²) in [6, 6.07) is 10.1. The normalized spacial score (nSPS) is 11.1. The van der Waals surface area contributed by atoms with E-state index in [0.717, 1.165) is 11.1 Å². The Morgan fingerprint density at radius 3 is 2.43 bits per heavy atom. The Morgan fingerprint density at radius 1 is 1.14 bits per heavy atom. The largest absolute Gasteiger partial charge is 0.508 e. The van der Waals surface area contributed by atoms with Gasteiger partial charge in [-0.05, 0) is 53.8 Å². The van der Waals surface area contributed by atoms with Crippen molar-refractivity contribution < 1.29 is 15.3 Å². The number of hydrogen-bond acceptors (Lipinski definition) is 3. The van der Waals surface area contributed by atoms with E-state index in [2.05, 4.69) is 5.92 Å². The summed E-state index contributed by atoms with van der Waals surface area (Å²) in [4.78, 5) is 0. The predicted octanol–water partition coefficient (Wildman–Crippen LogP) is 3.53. The summed E-state index contributed by atoms with van der Waals surface area (Å²) in [6.07, 6.45) is 7.12. The van der Waals surface area contributed by atoms with Crippen LogP contribution in [0.2, 0.25) is 0 Å². The number of phenols is 2. The maximum atomic E-state index is 10.1. The summed E-state index contributed by atoms with van der Waals surface area (Å²) in [5, 5.41) is 29.0. The van der Waals surface area contributed by atoms with Crippen molar-refractivity contribution in [2.75, 3.05) is 0 Å². The van der Waals surface area contributed by atoms with E-state index in [9.17, 15) is 15.3 Å². The van der Waals surface area contributed by atoms with Crippen molar-refractivity contribution in [2.24, 2.45) is 0 Å². The molecule has 0 unspecified atom stereocenters. The van der Waals surface area contributed by atoms with E-state index in [-0.39, 0.29) is 17.3 Å². The van der Waals surface area contributed by atoms with Crippen LogP contribution in [0.15, 0.2) is 42.2 Å². The third kappa shape index (κ3) is 3.37. The molecule has 2 rings (SSSR count). The SMILES string of the molecule is C#C/C(O)=C\c1c(C)ccc(O)c1Cc1ccc(O)cc1. The van der Waals surface area contributed by atoms with Crippen LogP contribution in [0.4, 0.5) is 0 Å². The molecule has 0 radical (unpaired) electrons. The van der Waals surface area contributed by atoms with Gasteiger partial charge in [-0.15, -0.1) is 6.42 Å². The molecule has 0 saturated heterocycles. The summed E-state index contributed by atoms with van der Waals surface area (Å²) in [5.41, 5.74) is 3.23. The van der Waals surface area contributed by atoms with Gasteiger partial charge in [-0.1, -0.05) is 18.2 Å². The second kappa shape index (κ2) is 6.06. The lowest BCUT2D eigenvalue weighted by atomic mass is 9.94. The Morgan fingerprint density at radius 2 is 1.81 bits per heavy atom. The van der Waals surface area contributed by atoms with Gasteiger partial charge in [0.1, 0.15) is 11.5 Å². The molecule has 0 amide bonds. The first kappa shape index (κ1) is 14.5. The van der Waals surface area contributed by atoms with E-state index in [4.69, 9.17) is 6.42 Å². The molecule has 2 aromatic carbocycles. The molecule has 0 aliphatic carbocycles. The van der Waals surface area contributed by atoms with Crippen molar-refractivity contribution in [1.82, 2.24) is 0 Å². The summed E-state index contributed by atoms with van der Waals surface area (Å²) in [5.74, 6) is 2.31. The topological polar surface area (TPSA) is 60.7 Å². The second-order valence-electron chi connectivity index (χ2n) is 4.81. The number of rotatable bonds is 3. The molecule has 0 bridgehead atoms. The van der Waals surface area contributed by atoms with E-state index in [1.54, 1.807) is 36.4 Å². The minimum absolute atomic E-state index is 0.143. The molecule has 3 heteroatoms. The van der Waals surface area contributed by atoms with Gasteiger partial charge in [0.15, 0.2) is 5.76 Å². The molecule has 106 valence electrons. The molecule has 3 N–H and O–H groups in total. The van der Waals surface area contributed by atoms with Gasteiger partial charge in [-0.2, -0.15) is 0 Å². The van der Waals surface area contributed by atoms with E-state index in [1.807, 2.05) is 6.92 Å². The molecule has 2 aromatic rings. The molecular weight excluding hydrogens is 264 g/mol. The van der Waals surface area contributed by atoms with Crippen LogP contribution in [0.1, 0.15) is 22.3 Å². The second-order valence-corrected chi connectivity index (χ2v) is 4.81. The highest BCUT2D eigenvalue weighted by Gasteiger charge is 2.11. The molecule has 3 nitrogen and oxygen atoms in total. The Bertz CT molecular complexity index is 719. The number of hydrogen-bond donors (Lipinski definition) is 3. The van der Waals surface area contributed by atoms with Gasteiger partial charge >= 0.3 is 0 Å². The monoisotopic (exact) mass is 280 g/mol. The van der Waals surface area contributed by atoms with Crippen LogP contribution in [-0.4, -0.2) is 15.3 Å². The van der Waals surface area contributed by atoms with Crippen LogP contribution in [-0.2, 0) is 6.42 Å². The Kier molecular flexibility index (Phi) is 4.20. The first-order valence-electron chi connectivity index (χ1n) is 6.48. The van der Waals surface area contributed by atoms with Crippen molar-refractivity contribution in [3.05, 3.63) is 64.4 Å². The fraction of sp³-hybridized carbons (Fsp3) is 0.111. The van der Waals surface area contributed by atoms with Gasteiger partial charge in [-0.25, -0.2) is 0 Å². The van der Waals surface area contributed by atoms with Gasteiger partial charge in [0.25, 0.3) is 0 Å². The number of aromatic hydroxyl groups is 2. The third-order valence-corrected chi connectivity index (χ3v) is 3.30. The zero-order chi connectivity index (χ0) is 15.4. The van der Waals surface area contributed by atoms with Crippen LogP contribution in [0, 0.1) is 19.3 Å². The highest BCUT2D eigenvalue weighted by atomic mass is 16.3. The number of aryl methyl sites for hydroxylation is 1. The molecule has 0 aliphatic rings. The molecule has 21 heavy (non-hydrogen) atoms. The van der Waals surface area contributed by atoms with Crippen molar-refractivity contribution in [3.8, 4) is 23.8 Å². The van der Waals surface area contributed by atoms with Crippen LogP contribution in [0.3, 0.4) is 0 Å². The zero-order valence-electron chi connectivity index (χ0n) is 11.7. The van der Waals surface area contributed by atoms with E-state index >= 15 is 0 Å². The maximum absolute atomic E-state index is 10.1. The number of terminal acetylenes is 1. The molecule has 0 aromatic heterocycles. The van der Waals surface area contributed by atoms with Crippen molar-refractivity contribution in [3.63, 3.8) is 0 Å². The summed E-state index contributed by atoms with van der Waals surface area (Å²) >= 11 is 0. The average molecular weight is 280 g/mol. The molecule has 0 heterocycles. The van der Waals surface area contributed by atoms with Gasteiger partial charge in [0.2, 0.25) is 0 Å². The number of aliphatic hydroxyl groups is 1. The van der Waals surface area contributed by atoms with E-state index in [1.165, 1.54) is 6.08 Å². The highest BCUT2D eigenvalue weighted by molar-refractivity contribution is 5.65. The number of phenolic OH excluding ortho intramolecular Hbond substituents is 2. The predicted molar refractivity (Wildman–Crippen MR) is 83.2 cm³/mol. The summed E-state index contributed by atoms with van der Waals surface area (Å²) in [7, 11) is 0. The highest BCUT2D eigenvalue weighted by Crippen LogP contribution is 2.29. The molecule has 0 saturated carbocycles. The van der Waals surface area contributed by atoms with Gasteiger partial charge in [0, 0.05) is 12.0 Å². The number of aliphatic hydroxyl groups excluding tert-OH is 1. The first-order chi connectivity index (χ1) is 10.0. The third-order valence-electron chi connectivity index (χ3n) is 3.30. The first-order valence-corrected chi connectivity index (χ1v) is 6.48. The van der Waals surface area contributed by atoms with Crippen LogP contribution in [0.5, 0.6) is 11.5 Å². The lowest BCUT2D eigenvalue weighted by Crippen LogP contribution is -1.96. The van der Waals surface area contributed by atoms with Gasteiger partial charge < -0.3 is 15.3 Å². The van der Waals surface area contributed by atoms with Crippen molar-refractivity contribution in [1.29, 1.82) is 0 Å².